The number of ether oxygens (including phenoxy) is 1. The lowest BCUT2D eigenvalue weighted by atomic mass is 10.1. The van der Waals surface area contributed by atoms with Gasteiger partial charge in [-0.15, -0.1) is 0 Å². The molecular weight excluding hydrogens is 358 g/mol. The van der Waals surface area contributed by atoms with E-state index in [0.29, 0.717) is 29.8 Å². The summed E-state index contributed by atoms with van der Waals surface area (Å²) in [5.74, 6) is -0.602. The molecule has 0 spiro atoms. The highest BCUT2D eigenvalue weighted by atomic mass is 16.5. The second kappa shape index (κ2) is 10.1. The zero-order valence-corrected chi connectivity index (χ0v) is 16.2. The molecule has 0 aliphatic carbocycles. The normalized spacial score (nSPS) is 10.3. The number of esters is 1. The number of carbonyl (C=O) groups excluding carboxylic acids is 3. The van der Waals surface area contributed by atoms with Crippen molar-refractivity contribution in [3.8, 4) is 0 Å². The molecule has 28 heavy (non-hydrogen) atoms. The minimum atomic E-state index is -0.379. The van der Waals surface area contributed by atoms with Gasteiger partial charge in [-0.25, -0.2) is 9.59 Å². The minimum Gasteiger partial charge on any atom is -0.465 e. The Morgan fingerprint density at radius 3 is 2.36 bits per heavy atom. The highest BCUT2D eigenvalue weighted by molar-refractivity contribution is 5.96. The largest absolute Gasteiger partial charge is 0.465 e. The number of amides is 3. The second-order valence-corrected chi connectivity index (χ2v) is 6.53. The molecule has 0 aromatic heterocycles. The van der Waals surface area contributed by atoms with Crippen LogP contribution in [0.2, 0.25) is 0 Å². The van der Waals surface area contributed by atoms with Crippen molar-refractivity contribution >= 4 is 23.6 Å². The molecule has 0 saturated heterocycles. The third kappa shape index (κ3) is 6.42. The van der Waals surface area contributed by atoms with Gasteiger partial charge in [0.15, 0.2) is 0 Å². The van der Waals surface area contributed by atoms with Crippen molar-refractivity contribution in [1.82, 2.24) is 10.6 Å². The van der Waals surface area contributed by atoms with Crippen LogP contribution in [-0.2, 0) is 11.2 Å². The number of urea groups is 1. The van der Waals surface area contributed by atoms with Crippen molar-refractivity contribution in [1.29, 1.82) is 0 Å². The molecule has 2 aromatic rings. The smallest absolute Gasteiger partial charge is 0.337 e. The van der Waals surface area contributed by atoms with E-state index in [0.717, 1.165) is 5.56 Å². The fourth-order valence-electron chi connectivity index (χ4n) is 2.52. The monoisotopic (exact) mass is 383 g/mol. The Morgan fingerprint density at radius 2 is 1.71 bits per heavy atom. The Bertz CT molecular complexity index is 832. The van der Waals surface area contributed by atoms with E-state index in [9.17, 15) is 14.4 Å². The molecule has 2 rings (SSSR count). The molecule has 148 valence electrons. The molecule has 0 fully saturated rings. The number of nitrogens with one attached hydrogen (secondary N) is 3. The maximum Gasteiger partial charge on any atom is 0.337 e. The quantitative estimate of drug-likeness (QED) is 0.641. The van der Waals surface area contributed by atoms with Crippen LogP contribution in [0.15, 0.2) is 48.5 Å². The van der Waals surface area contributed by atoms with E-state index < -0.39 is 0 Å². The standard InChI is InChI=1S/C21H25N3O4/c1-14(2)23-21(27)24-18-6-4-5-17(13-18)19(25)22-12-11-15-7-9-16(10-8-15)20(26)28-3/h4-10,13-14H,11-12H2,1-3H3,(H,22,25)(H2,23,24,27). The fraction of sp³-hybridized carbons (Fsp3) is 0.286. The number of carbonyl (C=O) groups is 3. The van der Waals surface area contributed by atoms with Crippen LogP contribution in [-0.4, -0.2) is 37.6 Å². The summed E-state index contributed by atoms with van der Waals surface area (Å²) in [4.78, 5) is 35.5. The first-order chi connectivity index (χ1) is 13.4. The third-order valence-electron chi connectivity index (χ3n) is 3.88. The van der Waals surface area contributed by atoms with Gasteiger partial charge >= 0.3 is 12.0 Å². The van der Waals surface area contributed by atoms with Crippen LogP contribution >= 0.6 is 0 Å². The van der Waals surface area contributed by atoms with E-state index in [-0.39, 0.29) is 23.9 Å². The Morgan fingerprint density at radius 1 is 1.00 bits per heavy atom. The van der Waals surface area contributed by atoms with Crippen molar-refractivity contribution in [3.63, 3.8) is 0 Å². The lowest BCUT2D eigenvalue weighted by Crippen LogP contribution is -2.34. The van der Waals surface area contributed by atoms with Crippen molar-refractivity contribution in [2.24, 2.45) is 0 Å². The van der Waals surface area contributed by atoms with E-state index in [1.54, 1.807) is 36.4 Å². The maximum atomic E-state index is 12.3. The summed E-state index contributed by atoms with van der Waals surface area (Å²) in [6, 6.07) is 13.5. The summed E-state index contributed by atoms with van der Waals surface area (Å²) in [5, 5.41) is 8.28. The van der Waals surface area contributed by atoms with E-state index in [2.05, 4.69) is 20.7 Å². The van der Waals surface area contributed by atoms with Gasteiger partial charge in [-0.2, -0.15) is 0 Å². The highest BCUT2D eigenvalue weighted by Gasteiger charge is 2.09. The summed E-state index contributed by atoms with van der Waals surface area (Å²) in [6.45, 7) is 4.18. The Labute approximate surface area is 164 Å². The van der Waals surface area contributed by atoms with Crippen LogP contribution < -0.4 is 16.0 Å². The molecule has 3 amide bonds. The van der Waals surface area contributed by atoms with Gasteiger partial charge in [0.05, 0.1) is 12.7 Å². The first-order valence-corrected chi connectivity index (χ1v) is 9.02. The molecule has 0 heterocycles. The molecule has 3 N–H and O–H groups in total. The Kier molecular flexibility index (Phi) is 7.56. The number of benzene rings is 2. The molecule has 0 saturated carbocycles. The van der Waals surface area contributed by atoms with Crippen molar-refractivity contribution in [2.75, 3.05) is 19.0 Å². The first kappa shape index (κ1) is 21.0. The second-order valence-electron chi connectivity index (χ2n) is 6.53. The molecule has 0 unspecified atom stereocenters. The van der Waals surface area contributed by atoms with Crippen molar-refractivity contribution in [3.05, 3.63) is 65.2 Å². The fourth-order valence-corrected chi connectivity index (χ4v) is 2.52. The van der Waals surface area contributed by atoms with Crippen LogP contribution in [0.4, 0.5) is 10.5 Å². The van der Waals surface area contributed by atoms with Gasteiger partial charge in [0.1, 0.15) is 0 Å². The molecule has 0 atom stereocenters. The first-order valence-electron chi connectivity index (χ1n) is 9.02. The average molecular weight is 383 g/mol. The topological polar surface area (TPSA) is 96.5 Å². The van der Waals surface area contributed by atoms with Crippen molar-refractivity contribution in [2.45, 2.75) is 26.3 Å². The summed E-state index contributed by atoms with van der Waals surface area (Å²) in [5.41, 5.74) is 2.49. The number of methoxy groups -OCH3 is 1. The summed E-state index contributed by atoms with van der Waals surface area (Å²) in [7, 11) is 1.34. The number of anilines is 1. The molecular formula is C21H25N3O4. The SMILES string of the molecule is COC(=O)c1ccc(CCNC(=O)c2cccc(NC(=O)NC(C)C)c2)cc1. The predicted molar refractivity (Wildman–Crippen MR) is 108 cm³/mol. The summed E-state index contributed by atoms with van der Waals surface area (Å²) < 4.78 is 4.66. The molecule has 7 heteroatoms. The molecule has 2 aromatic carbocycles. The molecule has 7 nitrogen and oxygen atoms in total. The summed E-state index contributed by atoms with van der Waals surface area (Å²) >= 11 is 0. The van der Waals surface area contributed by atoms with E-state index in [1.165, 1.54) is 7.11 Å². The summed E-state index contributed by atoms with van der Waals surface area (Å²) in [6.07, 6.45) is 0.627. The van der Waals surface area contributed by atoms with E-state index >= 15 is 0 Å². The average Bonchev–Trinajstić information content (AvgIpc) is 2.67. The molecule has 0 radical (unpaired) electrons. The van der Waals surface area contributed by atoms with Crippen molar-refractivity contribution < 1.29 is 19.1 Å². The van der Waals surface area contributed by atoms with Gasteiger partial charge in [0.25, 0.3) is 5.91 Å². The third-order valence-corrected chi connectivity index (χ3v) is 3.88. The number of rotatable bonds is 7. The molecule has 0 aliphatic rings. The highest BCUT2D eigenvalue weighted by Crippen LogP contribution is 2.11. The van der Waals surface area contributed by atoms with Crippen LogP contribution in [0.3, 0.4) is 0 Å². The zero-order valence-electron chi connectivity index (χ0n) is 16.2. The minimum absolute atomic E-state index is 0.0214. The molecule has 0 bridgehead atoms. The van der Waals surface area contributed by atoms with Gasteiger partial charge in [-0.3, -0.25) is 4.79 Å². The number of hydrogen-bond donors (Lipinski definition) is 3. The van der Waals surface area contributed by atoms with Gasteiger partial charge in [0.2, 0.25) is 0 Å². The molecule has 0 aliphatic heterocycles. The Hall–Kier alpha value is -3.35. The zero-order chi connectivity index (χ0) is 20.5. The Balaban J connectivity index is 1.86. The lowest BCUT2D eigenvalue weighted by Gasteiger charge is -2.11. The van der Waals surface area contributed by atoms with E-state index in [1.807, 2.05) is 26.0 Å². The maximum absolute atomic E-state index is 12.3. The van der Waals surface area contributed by atoms with Crippen LogP contribution in [0, 0.1) is 0 Å². The van der Waals surface area contributed by atoms with Gasteiger partial charge in [0, 0.05) is 23.8 Å². The lowest BCUT2D eigenvalue weighted by molar-refractivity contribution is 0.0600. The van der Waals surface area contributed by atoms with Crippen LogP contribution in [0.1, 0.15) is 40.1 Å². The number of hydrogen-bond acceptors (Lipinski definition) is 4. The van der Waals surface area contributed by atoms with Gasteiger partial charge in [-0.05, 0) is 56.2 Å². The van der Waals surface area contributed by atoms with Gasteiger partial charge in [-0.1, -0.05) is 18.2 Å². The predicted octanol–water partition coefficient (Wildman–Crippen LogP) is 2.98. The van der Waals surface area contributed by atoms with Crippen LogP contribution in [0.25, 0.3) is 0 Å². The van der Waals surface area contributed by atoms with E-state index in [4.69, 9.17) is 0 Å². The van der Waals surface area contributed by atoms with Gasteiger partial charge < -0.3 is 20.7 Å². The van der Waals surface area contributed by atoms with Crippen LogP contribution in [0.5, 0.6) is 0 Å².